The molecule has 2 aromatic heterocycles. The second kappa shape index (κ2) is 9.46. The summed E-state index contributed by atoms with van der Waals surface area (Å²) in [7, 11) is 1.72. The van der Waals surface area contributed by atoms with E-state index >= 15 is 0 Å². The Kier molecular flexibility index (Phi) is 6.21. The average Bonchev–Trinajstić information content (AvgIpc) is 3.39. The number of nitrogens with zero attached hydrogens (tertiary/aromatic N) is 3. The summed E-state index contributed by atoms with van der Waals surface area (Å²) in [6, 6.07) is 18.5. The molecule has 2 amide bonds. The number of amides is 2. The van der Waals surface area contributed by atoms with Crippen LogP contribution < -0.4 is 10.5 Å². The zero-order chi connectivity index (χ0) is 24.5. The Balaban J connectivity index is 1.46. The van der Waals surface area contributed by atoms with Crippen LogP contribution in [0.5, 0.6) is 0 Å². The smallest absolute Gasteiger partial charge is 0.258 e. The van der Waals surface area contributed by atoms with Crippen molar-refractivity contribution < 1.29 is 9.59 Å². The third-order valence-electron chi connectivity index (χ3n) is 6.49. The summed E-state index contributed by atoms with van der Waals surface area (Å²) >= 11 is 1.55. The Hall–Kier alpha value is -3.78. The van der Waals surface area contributed by atoms with Gasteiger partial charge in [-0.3, -0.25) is 14.4 Å². The molecule has 0 radical (unpaired) electrons. The van der Waals surface area contributed by atoms with E-state index in [1.807, 2.05) is 54.8 Å². The lowest BCUT2D eigenvalue weighted by Crippen LogP contribution is -2.48. The third-order valence-corrected chi connectivity index (χ3v) is 7.43. The molecule has 3 heterocycles. The molecular weight excluding hydrogens is 460 g/mol. The lowest BCUT2D eigenvalue weighted by Gasteiger charge is -2.41. The minimum atomic E-state index is -0.412. The molecule has 1 aliphatic rings. The summed E-state index contributed by atoms with van der Waals surface area (Å²) in [5.41, 5.74) is 2.27. The Labute approximate surface area is 207 Å². The summed E-state index contributed by atoms with van der Waals surface area (Å²) in [5, 5.41) is 2.49. The molecule has 0 spiro atoms. The van der Waals surface area contributed by atoms with Gasteiger partial charge in [-0.05, 0) is 49.1 Å². The molecule has 2 atom stereocenters. The second-order valence-corrected chi connectivity index (χ2v) is 9.91. The number of aromatic amines is 1. The number of hydrogen-bond acceptors (Lipinski definition) is 5. The van der Waals surface area contributed by atoms with Crippen LogP contribution in [0.3, 0.4) is 0 Å². The molecule has 1 aliphatic heterocycles. The van der Waals surface area contributed by atoms with Crippen LogP contribution in [0.1, 0.15) is 35.1 Å². The van der Waals surface area contributed by atoms with Crippen molar-refractivity contribution in [3.63, 3.8) is 0 Å². The maximum Gasteiger partial charge on any atom is 0.258 e. The standard InChI is InChI=1S/C27H26N4O3S/c1-17-9-11-18(12-10-17)31-24(32)14-13-20(25(31)22-8-5-15-35-22)27(34)30(2)16-23-28-21-7-4-3-6-19(21)26(33)29-23/h3-12,15,20,25H,13-14,16H2,1-2H3,(H,28,29,33)/t20-,25-/m0/s1. The first-order chi connectivity index (χ1) is 16.9. The maximum absolute atomic E-state index is 13.8. The number of anilines is 1. The molecule has 7 nitrogen and oxygen atoms in total. The Morgan fingerprint density at radius 2 is 1.89 bits per heavy atom. The van der Waals surface area contributed by atoms with Crippen LogP contribution >= 0.6 is 11.3 Å². The molecule has 35 heavy (non-hydrogen) atoms. The molecule has 5 rings (SSSR count). The number of rotatable bonds is 5. The van der Waals surface area contributed by atoms with Gasteiger partial charge in [-0.1, -0.05) is 35.9 Å². The minimum Gasteiger partial charge on any atom is -0.338 e. The Bertz CT molecular complexity index is 1430. The van der Waals surface area contributed by atoms with Crippen molar-refractivity contribution in [2.75, 3.05) is 11.9 Å². The molecule has 1 fully saturated rings. The molecular formula is C27H26N4O3S. The van der Waals surface area contributed by atoms with Crippen LogP contribution in [0.4, 0.5) is 5.69 Å². The number of fused-ring (bicyclic) bond motifs is 1. The van der Waals surface area contributed by atoms with Gasteiger partial charge >= 0.3 is 0 Å². The highest BCUT2D eigenvalue weighted by Gasteiger charge is 2.43. The van der Waals surface area contributed by atoms with Crippen LogP contribution in [-0.2, 0) is 16.1 Å². The van der Waals surface area contributed by atoms with Crippen LogP contribution in [0.15, 0.2) is 70.8 Å². The number of carbonyl (C=O) groups is 2. The third kappa shape index (κ3) is 4.49. The summed E-state index contributed by atoms with van der Waals surface area (Å²) in [6.45, 7) is 2.18. The van der Waals surface area contributed by atoms with Crippen LogP contribution in [0.25, 0.3) is 10.9 Å². The molecule has 8 heteroatoms. The maximum atomic E-state index is 13.8. The van der Waals surface area contributed by atoms with Crippen molar-refractivity contribution in [3.05, 3.63) is 92.7 Å². The molecule has 4 aromatic rings. The van der Waals surface area contributed by atoms with E-state index in [2.05, 4.69) is 9.97 Å². The number of aromatic nitrogens is 2. The molecule has 0 unspecified atom stereocenters. The quantitative estimate of drug-likeness (QED) is 0.452. The topological polar surface area (TPSA) is 86.4 Å². The first-order valence-electron chi connectivity index (χ1n) is 11.6. The van der Waals surface area contributed by atoms with Crippen molar-refractivity contribution in [1.82, 2.24) is 14.9 Å². The van der Waals surface area contributed by atoms with Gasteiger partial charge in [0.05, 0.1) is 29.4 Å². The number of benzene rings is 2. The van der Waals surface area contributed by atoms with Gasteiger partial charge in [-0.2, -0.15) is 0 Å². The van der Waals surface area contributed by atoms with Crippen LogP contribution in [0.2, 0.25) is 0 Å². The van der Waals surface area contributed by atoms with E-state index < -0.39 is 12.0 Å². The zero-order valence-corrected chi connectivity index (χ0v) is 20.4. The summed E-state index contributed by atoms with van der Waals surface area (Å²) in [6.07, 6.45) is 0.764. The number of thiophene rings is 1. The van der Waals surface area contributed by atoms with Crippen LogP contribution in [-0.4, -0.2) is 33.7 Å². The lowest BCUT2D eigenvalue weighted by molar-refractivity contribution is -0.137. The number of hydrogen-bond donors (Lipinski definition) is 1. The number of piperidine rings is 1. The molecule has 1 saturated heterocycles. The Morgan fingerprint density at radius 1 is 1.11 bits per heavy atom. The highest BCUT2D eigenvalue weighted by Crippen LogP contribution is 2.42. The fourth-order valence-corrected chi connectivity index (χ4v) is 5.62. The van der Waals surface area contributed by atoms with Gasteiger partial charge in [0.25, 0.3) is 5.56 Å². The van der Waals surface area contributed by atoms with E-state index in [9.17, 15) is 14.4 Å². The predicted octanol–water partition coefficient (Wildman–Crippen LogP) is 4.44. The summed E-state index contributed by atoms with van der Waals surface area (Å²) < 4.78 is 0. The molecule has 0 aliphatic carbocycles. The van der Waals surface area contributed by atoms with E-state index in [-0.39, 0.29) is 23.9 Å². The van der Waals surface area contributed by atoms with Crippen molar-refractivity contribution in [3.8, 4) is 0 Å². The lowest BCUT2D eigenvalue weighted by atomic mass is 9.86. The number of nitrogens with one attached hydrogen (secondary N) is 1. The van der Waals surface area contributed by atoms with Gasteiger partial charge in [0, 0.05) is 24.0 Å². The first-order valence-corrected chi connectivity index (χ1v) is 12.5. The number of aryl methyl sites for hydroxylation is 1. The van der Waals surface area contributed by atoms with E-state index in [0.717, 1.165) is 16.1 Å². The highest BCUT2D eigenvalue weighted by molar-refractivity contribution is 7.10. The first kappa shape index (κ1) is 23.0. The molecule has 1 N–H and O–H groups in total. The number of carbonyl (C=O) groups excluding carboxylic acids is 2. The largest absolute Gasteiger partial charge is 0.338 e. The molecule has 0 bridgehead atoms. The summed E-state index contributed by atoms with van der Waals surface area (Å²) in [4.78, 5) is 51.1. The fraction of sp³-hybridized carbons (Fsp3) is 0.259. The summed E-state index contributed by atoms with van der Waals surface area (Å²) in [5.74, 6) is -0.0485. The van der Waals surface area contributed by atoms with E-state index in [1.54, 1.807) is 46.4 Å². The zero-order valence-electron chi connectivity index (χ0n) is 19.6. The van der Waals surface area contributed by atoms with Crippen molar-refractivity contribution in [1.29, 1.82) is 0 Å². The van der Waals surface area contributed by atoms with Crippen molar-refractivity contribution in [2.24, 2.45) is 5.92 Å². The van der Waals surface area contributed by atoms with Gasteiger partial charge in [0.2, 0.25) is 11.8 Å². The van der Waals surface area contributed by atoms with Gasteiger partial charge < -0.3 is 14.8 Å². The molecule has 178 valence electrons. The van der Waals surface area contributed by atoms with Gasteiger partial charge in [-0.25, -0.2) is 4.98 Å². The normalized spacial score (nSPS) is 18.1. The second-order valence-electron chi connectivity index (χ2n) is 8.93. The predicted molar refractivity (Wildman–Crippen MR) is 137 cm³/mol. The van der Waals surface area contributed by atoms with Crippen molar-refractivity contribution in [2.45, 2.75) is 32.4 Å². The van der Waals surface area contributed by atoms with Crippen LogP contribution in [0, 0.1) is 12.8 Å². The number of para-hydroxylation sites is 1. The monoisotopic (exact) mass is 486 g/mol. The van der Waals surface area contributed by atoms with Crippen molar-refractivity contribution >= 4 is 39.7 Å². The molecule has 0 saturated carbocycles. The molecule has 2 aromatic carbocycles. The van der Waals surface area contributed by atoms with Gasteiger partial charge in [0.1, 0.15) is 5.82 Å². The van der Waals surface area contributed by atoms with E-state index in [4.69, 9.17) is 0 Å². The SMILES string of the molecule is Cc1ccc(N2C(=O)CC[C@H](C(=O)N(C)Cc3nc4ccccc4c(=O)[nH]3)[C@H]2c2cccs2)cc1. The minimum absolute atomic E-state index is 0.0134. The van der Waals surface area contributed by atoms with E-state index in [0.29, 0.717) is 29.6 Å². The van der Waals surface area contributed by atoms with Gasteiger partial charge in [0.15, 0.2) is 0 Å². The average molecular weight is 487 g/mol. The van der Waals surface area contributed by atoms with Gasteiger partial charge in [-0.15, -0.1) is 11.3 Å². The van der Waals surface area contributed by atoms with E-state index in [1.165, 1.54) is 0 Å². The highest BCUT2D eigenvalue weighted by atomic mass is 32.1. The Morgan fingerprint density at radius 3 is 2.63 bits per heavy atom. The number of H-pyrrole nitrogens is 1. The fourth-order valence-electron chi connectivity index (χ4n) is 4.74.